The van der Waals surface area contributed by atoms with E-state index in [1.807, 2.05) is 13.8 Å². The van der Waals surface area contributed by atoms with E-state index in [1.165, 1.54) is 6.92 Å². The zero-order valence-corrected chi connectivity index (χ0v) is 17.6. The Morgan fingerprint density at radius 2 is 1.46 bits per heavy atom. The topological polar surface area (TPSA) is 114 Å². The summed E-state index contributed by atoms with van der Waals surface area (Å²) in [6, 6.07) is 0. The first-order valence-electron chi connectivity index (χ1n) is 9.41. The summed E-state index contributed by atoms with van der Waals surface area (Å²) in [5.41, 5.74) is 0. The number of phosphoric ester groups is 1. The second kappa shape index (κ2) is 18.8. The number of nitrogens with one attached hydrogen (secondary N) is 2. The molecule has 1 unspecified atom stereocenters. The molecule has 26 heavy (non-hydrogen) atoms. The van der Waals surface area contributed by atoms with Gasteiger partial charge in [-0.15, -0.1) is 0 Å². The van der Waals surface area contributed by atoms with Crippen molar-refractivity contribution in [1.29, 1.82) is 0 Å². The lowest BCUT2D eigenvalue weighted by molar-refractivity contribution is -0.121. The number of hydrogen-bond donors (Lipinski definition) is 3. The highest BCUT2D eigenvalue weighted by Gasteiger charge is 2.17. The average Bonchev–Trinajstić information content (AvgIpc) is 2.61. The molecule has 0 heterocycles. The van der Waals surface area contributed by atoms with Crippen molar-refractivity contribution in [3.8, 4) is 0 Å². The zero-order chi connectivity index (χ0) is 20.3. The molecular weight excluding hydrogens is 359 g/mol. The Labute approximate surface area is 158 Å². The number of phosphoric acid groups is 1. The van der Waals surface area contributed by atoms with E-state index >= 15 is 0 Å². The molecule has 0 aliphatic rings. The second-order valence-electron chi connectivity index (χ2n) is 5.54. The van der Waals surface area contributed by atoms with E-state index in [-0.39, 0.29) is 18.4 Å². The Morgan fingerprint density at radius 3 is 2.04 bits per heavy atom. The van der Waals surface area contributed by atoms with Crippen LogP contribution >= 0.6 is 7.82 Å². The van der Waals surface area contributed by atoms with Crippen LogP contribution in [0.15, 0.2) is 0 Å². The van der Waals surface area contributed by atoms with Crippen molar-refractivity contribution >= 4 is 19.6 Å². The number of amides is 2. The smallest absolute Gasteiger partial charge is 0.356 e. The first-order valence-corrected chi connectivity index (χ1v) is 10.9. The van der Waals surface area contributed by atoms with Crippen LogP contribution in [-0.2, 0) is 23.2 Å². The summed E-state index contributed by atoms with van der Waals surface area (Å²) in [5, 5.41) is 5.59. The van der Waals surface area contributed by atoms with Crippen molar-refractivity contribution in [2.45, 2.75) is 72.1 Å². The maximum atomic E-state index is 11.6. The minimum atomic E-state index is -3.85. The van der Waals surface area contributed by atoms with Crippen LogP contribution in [0.5, 0.6) is 0 Å². The third-order valence-electron chi connectivity index (χ3n) is 3.33. The molecule has 0 bridgehead atoms. The quantitative estimate of drug-likeness (QED) is 0.289. The molecule has 0 aliphatic carbocycles. The van der Waals surface area contributed by atoms with Gasteiger partial charge in [0.05, 0.1) is 6.61 Å². The van der Waals surface area contributed by atoms with Crippen molar-refractivity contribution in [2.24, 2.45) is 0 Å². The van der Waals surface area contributed by atoms with E-state index in [2.05, 4.69) is 15.2 Å². The van der Waals surface area contributed by atoms with Gasteiger partial charge in [0.1, 0.15) is 0 Å². The Balaban J connectivity index is 0. The molecule has 3 N–H and O–H groups in total. The number of unbranched alkanes of at least 4 members (excludes halogenated alkanes) is 5. The molecular formula is C17H37N2O6P. The molecule has 8 nitrogen and oxygen atoms in total. The predicted octanol–water partition coefficient (Wildman–Crippen LogP) is 3.15. The van der Waals surface area contributed by atoms with Gasteiger partial charge < -0.3 is 15.5 Å². The van der Waals surface area contributed by atoms with E-state index in [0.717, 1.165) is 45.6 Å². The van der Waals surface area contributed by atoms with Gasteiger partial charge in [-0.25, -0.2) is 4.57 Å². The van der Waals surface area contributed by atoms with Crippen LogP contribution in [0, 0.1) is 0 Å². The number of hydrogen-bond acceptors (Lipinski definition) is 5. The largest absolute Gasteiger partial charge is 0.471 e. The maximum Gasteiger partial charge on any atom is 0.471 e. The van der Waals surface area contributed by atoms with Gasteiger partial charge in [-0.2, -0.15) is 0 Å². The summed E-state index contributed by atoms with van der Waals surface area (Å²) in [6.07, 6.45) is 6.47. The van der Waals surface area contributed by atoms with Crippen LogP contribution in [0.2, 0.25) is 0 Å². The van der Waals surface area contributed by atoms with Crippen molar-refractivity contribution < 1.29 is 28.1 Å². The molecule has 9 heteroatoms. The molecule has 2 amide bonds. The number of rotatable bonds is 15. The molecule has 0 saturated heterocycles. The second-order valence-corrected chi connectivity index (χ2v) is 7.10. The zero-order valence-electron chi connectivity index (χ0n) is 16.7. The Kier molecular flexibility index (Phi) is 19.7. The maximum absolute atomic E-state index is 11.6. The first kappa shape index (κ1) is 27.3. The van der Waals surface area contributed by atoms with Gasteiger partial charge in [-0.1, -0.05) is 33.1 Å². The molecule has 0 aromatic heterocycles. The summed E-state index contributed by atoms with van der Waals surface area (Å²) >= 11 is 0. The van der Waals surface area contributed by atoms with Crippen LogP contribution < -0.4 is 10.6 Å². The van der Waals surface area contributed by atoms with E-state index in [9.17, 15) is 14.2 Å². The third kappa shape index (κ3) is 21.1. The fraction of sp³-hybridized carbons (Fsp3) is 0.882. The molecule has 156 valence electrons. The van der Waals surface area contributed by atoms with Gasteiger partial charge in [-0.3, -0.25) is 18.6 Å². The monoisotopic (exact) mass is 396 g/mol. The lowest BCUT2D eigenvalue weighted by Gasteiger charge is -2.09. The number of carbonyl (C=O) groups excluding carboxylic acids is 2. The molecule has 1 atom stereocenters. The van der Waals surface area contributed by atoms with Crippen molar-refractivity contribution in [1.82, 2.24) is 10.6 Å². The van der Waals surface area contributed by atoms with Crippen LogP contribution in [0.1, 0.15) is 72.1 Å². The minimum Gasteiger partial charge on any atom is -0.356 e. The standard InChI is InChI=1S/C15H31N2O6P.C2H6/c1-14(18)16-11-8-5-6-10-15(19)17-12-7-3-4-9-13-23-24(20,21)22-2;1-2/h3-13H2,1-2H3,(H,16,18)(H,17,19)(H,20,21);1-2H3. The van der Waals surface area contributed by atoms with Crippen LogP contribution in [-0.4, -0.2) is 43.5 Å². The van der Waals surface area contributed by atoms with Gasteiger partial charge in [0, 0.05) is 33.5 Å². The average molecular weight is 396 g/mol. The Morgan fingerprint density at radius 1 is 0.923 bits per heavy atom. The summed E-state index contributed by atoms with van der Waals surface area (Å²) < 4.78 is 20.0. The van der Waals surface area contributed by atoms with Gasteiger partial charge in [0.25, 0.3) is 0 Å². The van der Waals surface area contributed by atoms with Crippen LogP contribution in [0.3, 0.4) is 0 Å². The molecule has 0 radical (unpaired) electrons. The fourth-order valence-corrected chi connectivity index (χ4v) is 2.45. The highest BCUT2D eigenvalue weighted by Crippen LogP contribution is 2.41. The molecule has 0 spiro atoms. The van der Waals surface area contributed by atoms with Gasteiger partial charge in [-0.05, 0) is 25.7 Å². The molecule has 0 aliphatic heterocycles. The summed E-state index contributed by atoms with van der Waals surface area (Å²) in [7, 11) is -2.72. The van der Waals surface area contributed by atoms with E-state index < -0.39 is 7.82 Å². The lowest BCUT2D eigenvalue weighted by Crippen LogP contribution is -2.24. The van der Waals surface area contributed by atoms with Crippen LogP contribution in [0.25, 0.3) is 0 Å². The predicted molar refractivity (Wildman–Crippen MR) is 103 cm³/mol. The molecule has 0 fully saturated rings. The Bertz CT molecular complexity index is 407. The van der Waals surface area contributed by atoms with Gasteiger partial charge >= 0.3 is 7.82 Å². The van der Waals surface area contributed by atoms with Crippen molar-refractivity contribution in [2.75, 3.05) is 26.8 Å². The van der Waals surface area contributed by atoms with Crippen molar-refractivity contribution in [3.63, 3.8) is 0 Å². The van der Waals surface area contributed by atoms with E-state index in [1.54, 1.807) is 0 Å². The summed E-state index contributed by atoms with van der Waals surface area (Å²) in [6.45, 7) is 6.98. The normalized spacial score (nSPS) is 12.5. The number of carbonyl (C=O) groups is 2. The van der Waals surface area contributed by atoms with Gasteiger partial charge in [0.2, 0.25) is 11.8 Å². The Hall–Kier alpha value is -0.950. The fourth-order valence-electron chi connectivity index (χ4n) is 1.98. The minimum absolute atomic E-state index is 0.0247. The van der Waals surface area contributed by atoms with Gasteiger partial charge in [0.15, 0.2) is 0 Å². The first-order chi connectivity index (χ1) is 12.4. The highest BCUT2D eigenvalue weighted by atomic mass is 31.2. The van der Waals surface area contributed by atoms with Crippen molar-refractivity contribution in [3.05, 3.63) is 0 Å². The molecule has 0 aromatic rings. The van der Waals surface area contributed by atoms with Crippen LogP contribution in [0.4, 0.5) is 0 Å². The molecule has 0 rings (SSSR count). The summed E-state index contributed by atoms with van der Waals surface area (Å²) in [4.78, 5) is 31.3. The third-order valence-corrected chi connectivity index (χ3v) is 4.30. The molecule has 0 saturated carbocycles. The lowest BCUT2D eigenvalue weighted by atomic mass is 10.1. The molecule has 0 aromatic carbocycles. The van der Waals surface area contributed by atoms with E-state index in [4.69, 9.17) is 9.42 Å². The summed E-state index contributed by atoms with van der Waals surface area (Å²) in [5.74, 6) is 0.0301. The SMILES string of the molecule is CC.COP(=O)(O)OCCCCCCNC(=O)CCCCCNC(C)=O. The van der Waals surface area contributed by atoms with E-state index in [0.29, 0.717) is 25.9 Å². The highest BCUT2D eigenvalue weighted by molar-refractivity contribution is 7.47.